The van der Waals surface area contributed by atoms with Gasteiger partial charge in [0.25, 0.3) is 0 Å². The summed E-state index contributed by atoms with van der Waals surface area (Å²) in [6.45, 7) is 5.61. The van der Waals surface area contributed by atoms with Crippen molar-refractivity contribution in [3.8, 4) is 22.6 Å². The first-order chi connectivity index (χ1) is 28.3. The highest BCUT2D eigenvalue weighted by Crippen LogP contribution is 2.39. The lowest BCUT2D eigenvalue weighted by molar-refractivity contribution is -0.144. The maximum atomic E-state index is 14.4. The number of unbranched alkanes of at least 4 members (excludes halogenated alkanes) is 11. The molecule has 3 rings (SSSR count). The van der Waals surface area contributed by atoms with Crippen molar-refractivity contribution in [1.29, 1.82) is 0 Å². The summed E-state index contributed by atoms with van der Waals surface area (Å²) in [6.07, 6.45) is 16.2. The van der Waals surface area contributed by atoms with Crippen LogP contribution in [0.5, 0.6) is 11.5 Å². The minimum atomic E-state index is -1.20. The van der Waals surface area contributed by atoms with Crippen LogP contribution >= 0.6 is 0 Å². The molecule has 1 aliphatic rings. The lowest BCUT2D eigenvalue weighted by Gasteiger charge is -2.32. The van der Waals surface area contributed by atoms with Crippen molar-refractivity contribution in [3.05, 3.63) is 47.5 Å². The predicted octanol–water partition coefficient (Wildman–Crippen LogP) is 8.63. The van der Waals surface area contributed by atoms with Crippen molar-refractivity contribution in [3.63, 3.8) is 0 Å². The average molecular weight is 818 g/mol. The Hall–Kier alpha value is -4.38. The van der Waals surface area contributed by atoms with E-state index in [1.54, 1.807) is 25.1 Å². The van der Waals surface area contributed by atoms with E-state index < -0.39 is 41.5 Å². The number of nitrogens with two attached hydrogens (primary N) is 1. The number of nitrogens with zero attached hydrogens (tertiary/aromatic N) is 1. The molecule has 1 aliphatic heterocycles. The first-order valence-corrected chi connectivity index (χ1v) is 22.3. The topological polar surface area (TPSA) is 184 Å². The van der Waals surface area contributed by atoms with E-state index in [9.17, 15) is 39.0 Å². The van der Waals surface area contributed by atoms with Gasteiger partial charge in [-0.3, -0.25) is 28.8 Å². The van der Waals surface area contributed by atoms with E-state index >= 15 is 0 Å². The van der Waals surface area contributed by atoms with Crippen LogP contribution in [0.25, 0.3) is 11.1 Å². The largest absolute Gasteiger partial charge is 0.507 e. The summed E-state index contributed by atoms with van der Waals surface area (Å²) in [5.41, 5.74) is 7.24. The van der Waals surface area contributed by atoms with Crippen LogP contribution in [0.2, 0.25) is 0 Å². The first-order valence-electron chi connectivity index (χ1n) is 22.3. The Labute approximate surface area is 352 Å². The number of aromatic hydroxyl groups is 2. The van der Waals surface area contributed by atoms with Crippen LogP contribution in [0.15, 0.2) is 36.4 Å². The smallest absolute Gasteiger partial charge is 0.226 e. The van der Waals surface area contributed by atoms with Crippen LogP contribution in [-0.2, 0) is 35.2 Å². The van der Waals surface area contributed by atoms with Gasteiger partial charge in [0.2, 0.25) is 11.8 Å². The normalized spacial score (nSPS) is 17.5. The second-order valence-corrected chi connectivity index (χ2v) is 16.8. The van der Waals surface area contributed by atoms with Crippen molar-refractivity contribution in [2.45, 2.75) is 168 Å². The van der Waals surface area contributed by atoms with Crippen LogP contribution in [-0.4, -0.2) is 69.7 Å². The number of phenols is 2. The van der Waals surface area contributed by atoms with Gasteiger partial charge in [-0.2, -0.15) is 0 Å². The molecule has 0 saturated heterocycles. The molecule has 2 amide bonds. The highest BCUT2D eigenvalue weighted by molar-refractivity contribution is 5.96. The number of rotatable bonds is 25. The third-order valence-corrected chi connectivity index (χ3v) is 11.7. The summed E-state index contributed by atoms with van der Waals surface area (Å²) in [4.78, 5) is 82.0. The number of amides is 2. The zero-order valence-electron chi connectivity index (χ0n) is 36.2. The number of nitrogens with one attached hydrogen (secondary N) is 1. The van der Waals surface area contributed by atoms with Crippen LogP contribution in [0, 0.1) is 11.8 Å². The molecule has 5 N–H and O–H groups in total. The van der Waals surface area contributed by atoms with E-state index in [4.69, 9.17) is 5.73 Å². The van der Waals surface area contributed by atoms with Gasteiger partial charge in [-0.25, -0.2) is 0 Å². The molecule has 2 aromatic rings. The van der Waals surface area contributed by atoms with Crippen LogP contribution in [0.1, 0.15) is 166 Å². The highest BCUT2D eigenvalue weighted by Gasteiger charge is 2.35. The second kappa shape index (κ2) is 26.0. The molecule has 4 bridgehead atoms. The van der Waals surface area contributed by atoms with Gasteiger partial charge in [0.15, 0.2) is 11.6 Å². The van der Waals surface area contributed by atoms with Gasteiger partial charge in [-0.15, -0.1) is 0 Å². The fourth-order valence-electron chi connectivity index (χ4n) is 8.08. The molecule has 11 nitrogen and oxygen atoms in total. The molecule has 1 heterocycles. The summed E-state index contributed by atoms with van der Waals surface area (Å²) in [6, 6.07) is 7.12. The van der Waals surface area contributed by atoms with E-state index in [2.05, 4.69) is 12.2 Å². The first kappa shape index (κ1) is 49.0. The zero-order chi connectivity index (χ0) is 43.3. The molecule has 0 unspecified atom stereocenters. The molecule has 0 saturated carbocycles. The van der Waals surface area contributed by atoms with Crippen LogP contribution < -0.4 is 11.1 Å². The Bertz CT molecular complexity index is 1710. The molecule has 59 heavy (non-hydrogen) atoms. The fraction of sp³-hybridized carbons (Fsp3) is 0.625. The lowest BCUT2D eigenvalue weighted by atomic mass is 9.88. The van der Waals surface area contributed by atoms with E-state index in [1.807, 2.05) is 0 Å². The van der Waals surface area contributed by atoms with E-state index in [0.717, 1.165) is 19.3 Å². The maximum Gasteiger partial charge on any atom is 0.226 e. The van der Waals surface area contributed by atoms with Crippen molar-refractivity contribution < 1.29 is 39.0 Å². The predicted molar refractivity (Wildman–Crippen MR) is 232 cm³/mol. The molecule has 0 aromatic heterocycles. The molecule has 0 fully saturated rings. The zero-order valence-corrected chi connectivity index (χ0v) is 36.2. The highest BCUT2D eigenvalue weighted by atomic mass is 16.3. The van der Waals surface area contributed by atoms with E-state index in [-0.39, 0.29) is 65.7 Å². The minimum Gasteiger partial charge on any atom is -0.507 e. The molecule has 0 aliphatic carbocycles. The maximum absolute atomic E-state index is 14.4. The lowest BCUT2D eigenvalue weighted by Crippen LogP contribution is -2.45. The molecule has 2 aromatic carbocycles. The molecule has 326 valence electrons. The molecule has 11 heteroatoms. The fourth-order valence-corrected chi connectivity index (χ4v) is 8.08. The van der Waals surface area contributed by atoms with Gasteiger partial charge in [-0.05, 0) is 81.0 Å². The summed E-state index contributed by atoms with van der Waals surface area (Å²) in [5, 5.41) is 24.7. The number of ketones is 4. The van der Waals surface area contributed by atoms with Crippen LogP contribution in [0.4, 0.5) is 0 Å². The minimum absolute atomic E-state index is 0.0474. The Kier molecular flexibility index (Phi) is 21.6. The Morgan fingerprint density at radius 1 is 0.763 bits per heavy atom. The van der Waals surface area contributed by atoms with E-state index in [1.165, 1.54) is 88.4 Å². The van der Waals surface area contributed by atoms with Crippen LogP contribution in [0.3, 0.4) is 0 Å². The molecule has 0 spiro atoms. The van der Waals surface area contributed by atoms with Gasteiger partial charge in [0, 0.05) is 62.1 Å². The van der Waals surface area contributed by atoms with Gasteiger partial charge in [0.05, 0.1) is 6.04 Å². The van der Waals surface area contributed by atoms with Gasteiger partial charge >= 0.3 is 0 Å². The summed E-state index contributed by atoms with van der Waals surface area (Å²) < 4.78 is 0. The van der Waals surface area contributed by atoms with Gasteiger partial charge < -0.3 is 26.2 Å². The number of hydrogen-bond donors (Lipinski definition) is 4. The number of hydrogen-bond acceptors (Lipinski definition) is 9. The quantitative estimate of drug-likeness (QED) is 0.0713. The van der Waals surface area contributed by atoms with Crippen molar-refractivity contribution in [2.75, 3.05) is 13.6 Å². The number of Topliss-reactive ketones (excluding diaryl/α,β-unsaturated/α-hetero) is 4. The number of carbonyl (C=O) groups is 6. The molecule has 0 radical (unpaired) electrons. The number of benzene rings is 2. The molecular weight excluding hydrogens is 747 g/mol. The third-order valence-electron chi connectivity index (χ3n) is 11.7. The SMILES string of the molecule is CCCCCCCCCCCCCC(=O)CCCC(=O)C[C@@H](CCCCN)C(=O)N(C)[C@@H]1C(=O)C[C@@H](C)C(=O)N[C@H](C(C)=O)Cc2ccc(O)c(c2)-c2cc1ccc2O. The molecule has 4 atom stereocenters. The molecular formula is C48H71N3O8. The van der Waals surface area contributed by atoms with E-state index in [0.29, 0.717) is 56.2 Å². The van der Waals surface area contributed by atoms with Gasteiger partial charge in [-0.1, -0.05) is 96.6 Å². The number of likely N-dealkylation sites (N-methyl/N-ethyl adjacent to an activating group) is 1. The Morgan fingerprint density at radius 3 is 1.97 bits per heavy atom. The van der Waals surface area contributed by atoms with Gasteiger partial charge in [0.1, 0.15) is 29.1 Å². The average Bonchev–Trinajstić information content (AvgIpc) is 3.20. The summed E-state index contributed by atoms with van der Waals surface area (Å²) in [5.74, 6) is -3.52. The standard InChI is InChI=1S/C48H71N3O8/c1-5-6-7-8-9-10-11-12-13-14-15-20-38(53)21-18-22-39(54)31-37(19-16-17-27-49)48(59)51(4)46-36-24-26-44(56)41(32-36)40-29-35(23-25-43(40)55)30-42(34(3)52)50-47(58)33(2)28-45(46)57/h23-26,29,32-33,37,42,46,55-56H,5-22,27-28,30-31,49H2,1-4H3,(H,50,58)/t33-,37-,42+,46+/m1/s1. The monoisotopic (exact) mass is 818 g/mol. The Morgan fingerprint density at radius 2 is 1.34 bits per heavy atom. The van der Waals surface area contributed by atoms with Crippen molar-refractivity contribution in [2.24, 2.45) is 17.6 Å². The number of fused-ring (bicyclic) bond motifs is 5. The van der Waals surface area contributed by atoms with Crippen molar-refractivity contribution in [1.82, 2.24) is 10.2 Å². The summed E-state index contributed by atoms with van der Waals surface area (Å²) >= 11 is 0. The number of phenolic OH excluding ortho intramolecular Hbond substituents is 2. The second-order valence-electron chi connectivity index (χ2n) is 16.8. The summed E-state index contributed by atoms with van der Waals surface area (Å²) in [7, 11) is 1.50. The third kappa shape index (κ3) is 16.3. The van der Waals surface area contributed by atoms with Crippen molar-refractivity contribution >= 4 is 34.9 Å². The Balaban J connectivity index is 1.72. The number of carbonyl (C=O) groups excluding carboxylic acids is 6.